The van der Waals surface area contributed by atoms with Gasteiger partial charge in [0.15, 0.2) is 0 Å². The normalized spacial score (nSPS) is 12.0. The Morgan fingerprint density at radius 1 is 1.07 bits per heavy atom. The summed E-state index contributed by atoms with van der Waals surface area (Å²) in [5.74, 6) is 1.56. The smallest absolute Gasteiger partial charge is 0.229 e. The molecule has 1 amide bonds. The van der Waals surface area contributed by atoms with Gasteiger partial charge in [0.05, 0.1) is 12.5 Å². The largest absolute Gasteiger partial charge is 0.388 e. The van der Waals surface area contributed by atoms with Crippen molar-refractivity contribution >= 4 is 50.6 Å². The minimum absolute atomic E-state index is 0.0229. The molecule has 0 radical (unpaired) electrons. The van der Waals surface area contributed by atoms with E-state index in [0.29, 0.717) is 15.8 Å². The number of nitrogens with two attached hydrogens (primary N) is 1. The average molecular weight is 437 g/mol. The number of thioether (sulfide) groups is 1. The Labute approximate surface area is 174 Å². The van der Waals surface area contributed by atoms with Crippen LogP contribution in [-0.4, -0.2) is 42.9 Å². The van der Waals surface area contributed by atoms with Gasteiger partial charge in [-0.25, -0.2) is 0 Å². The van der Waals surface area contributed by atoms with Crippen LogP contribution in [0.2, 0.25) is 0 Å². The SMILES string of the molecule is Nc1nnc(CCSCCc2nnc(NC(=O)C[C@@H](O)c3ccccc3)s2)s1. The molecule has 0 aliphatic rings. The van der Waals surface area contributed by atoms with Crippen molar-refractivity contribution in [3.05, 3.63) is 45.9 Å². The third kappa shape index (κ3) is 6.51. The number of nitrogens with zero attached hydrogens (tertiary/aromatic N) is 4. The van der Waals surface area contributed by atoms with Crippen LogP contribution in [0.15, 0.2) is 30.3 Å². The van der Waals surface area contributed by atoms with Crippen molar-refractivity contribution in [2.45, 2.75) is 25.4 Å². The number of amides is 1. The van der Waals surface area contributed by atoms with Gasteiger partial charge in [-0.2, -0.15) is 11.8 Å². The van der Waals surface area contributed by atoms with Gasteiger partial charge in [0.1, 0.15) is 10.0 Å². The molecule has 2 aromatic heterocycles. The van der Waals surface area contributed by atoms with Gasteiger partial charge >= 0.3 is 0 Å². The molecule has 0 unspecified atom stereocenters. The van der Waals surface area contributed by atoms with Crippen LogP contribution in [0.1, 0.15) is 28.1 Å². The summed E-state index contributed by atoms with van der Waals surface area (Å²) in [4.78, 5) is 12.1. The number of aliphatic hydroxyl groups is 1. The predicted octanol–water partition coefficient (Wildman–Crippen LogP) is 2.55. The quantitative estimate of drug-likeness (QED) is 0.414. The van der Waals surface area contributed by atoms with Crippen LogP contribution >= 0.6 is 34.4 Å². The lowest BCUT2D eigenvalue weighted by atomic mass is 10.1. The number of benzene rings is 1. The Balaban J connectivity index is 1.36. The third-order valence-electron chi connectivity index (χ3n) is 3.68. The second-order valence-electron chi connectivity index (χ2n) is 5.83. The first kappa shape index (κ1) is 20.6. The summed E-state index contributed by atoms with van der Waals surface area (Å²) in [6, 6.07) is 9.10. The van der Waals surface area contributed by atoms with E-state index in [-0.39, 0.29) is 12.3 Å². The van der Waals surface area contributed by atoms with Crippen LogP contribution < -0.4 is 11.1 Å². The first-order chi connectivity index (χ1) is 13.6. The molecule has 11 heteroatoms. The number of carbonyl (C=O) groups excluding carboxylic acids is 1. The van der Waals surface area contributed by atoms with Crippen molar-refractivity contribution in [1.29, 1.82) is 0 Å². The number of carbonyl (C=O) groups is 1. The lowest BCUT2D eigenvalue weighted by molar-refractivity contribution is -0.118. The summed E-state index contributed by atoms with van der Waals surface area (Å²) < 4.78 is 0. The molecule has 2 heterocycles. The van der Waals surface area contributed by atoms with Crippen LogP contribution in [0.5, 0.6) is 0 Å². The molecule has 0 spiro atoms. The fourth-order valence-corrected chi connectivity index (χ4v) is 4.83. The van der Waals surface area contributed by atoms with E-state index < -0.39 is 6.10 Å². The molecule has 1 atom stereocenters. The fraction of sp³-hybridized carbons (Fsp3) is 0.353. The number of hydrogen-bond acceptors (Lipinski definition) is 10. The maximum atomic E-state index is 12.1. The van der Waals surface area contributed by atoms with Gasteiger partial charge in [0.25, 0.3) is 0 Å². The Bertz CT molecular complexity index is 886. The average Bonchev–Trinajstić information content (AvgIpc) is 3.31. The number of rotatable bonds is 10. The van der Waals surface area contributed by atoms with Crippen LogP contribution in [0.4, 0.5) is 10.3 Å². The highest BCUT2D eigenvalue weighted by atomic mass is 32.2. The Morgan fingerprint density at radius 3 is 2.43 bits per heavy atom. The van der Waals surface area contributed by atoms with Crippen LogP contribution in [0.25, 0.3) is 0 Å². The monoisotopic (exact) mass is 436 g/mol. The van der Waals surface area contributed by atoms with E-state index in [1.54, 1.807) is 23.9 Å². The first-order valence-electron chi connectivity index (χ1n) is 8.61. The predicted molar refractivity (Wildman–Crippen MR) is 114 cm³/mol. The van der Waals surface area contributed by atoms with Crippen LogP contribution in [-0.2, 0) is 17.6 Å². The second-order valence-corrected chi connectivity index (χ2v) is 9.21. The minimum Gasteiger partial charge on any atom is -0.388 e. The molecule has 0 bridgehead atoms. The number of nitrogens with one attached hydrogen (secondary N) is 1. The highest BCUT2D eigenvalue weighted by Crippen LogP contribution is 2.21. The molecule has 1 aromatic carbocycles. The van der Waals surface area contributed by atoms with E-state index in [0.717, 1.165) is 34.4 Å². The Morgan fingerprint density at radius 2 is 1.75 bits per heavy atom. The summed E-state index contributed by atoms with van der Waals surface area (Å²) in [5.41, 5.74) is 6.27. The number of aliphatic hydroxyl groups excluding tert-OH is 1. The molecule has 3 aromatic rings. The molecule has 0 aliphatic heterocycles. The number of aryl methyl sites for hydroxylation is 2. The van der Waals surface area contributed by atoms with Gasteiger partial charge in [-0.15, -0.1) is 20.4 Å². The topological polar surface area (TPSA) is 127 Å². The number of hydrogen-bond donors (Lipinski definition) is 3. The van der Waals surface area contributed by atoms with Gasteiger partial charge in [0, 0.05) is 12.8 Å². The standard InChI is InChI=1S/C17H20N6O2S3/c18-16-22-20-14(27-16)6-8-26-9-7-15-21-23-17(28-15)19-13(25)10-12(24)11-4-2-1-3-5-11/h1-5,12,24H,6-10H2,(H2,18,22)(H,19,23,25)/t12-/m1/s1. The molecule has 28 heavy (non-hydrogen) atoms. The van der Waals surface area contributed by atoms with E-state index in [1.165, 1.54) is 22.7 Å². The fourth-order valence-electron chi connectivity index (χ4n) is 2.33. The molecule has 148 valence electrons. The van der Waals surface area contributed by atoms with Crippen LogP contribution in [0, 0.1) is 0 Å². The second kappa shape index (κ2) is 10.5. The molecule has 8 nitrogen and oxygen atoms in total. The van der Waals surface area contributed by atoms with Gasteiger partial charge in [-0.05, 0) is 17.1 Å². The molecule has 0 saturated heterocycles. The molecule has 3 rings (SSSR count). The van der Waals surface area contributed by atoms with Gasteiger partial charge < -0.3 is 16.2 Å². The Kier molecular flexibility index (Phi) is 7.71. The van der Waals surface area contributed by atoms with Crippen molar-refractivity contribution in [2.24, 2.45) is 0 Å². The maximum absolute atomic E-state index is 12.1. The lowest BCUT2D eigenvalue weighted by Crippen LogP contribution is -2.15. The highest BCUT2D eigenvalue weighted by Gasteiger charge is 2.14. The van der Waals surface area contributed by atoms with E-state index in [9.17, 15) is 9.90 Å². The zero-order valence-electron chi connectivity index (χ0n) is 14.9. The summed E-state index contributed by atoms with van der Waals surface area (Å²) in [6.45, 7) is 0. The van der Waals surface area contributed by atoms with E-state index in [4.69, 9.17) is 5.73 Å². The van der Waals surface area contributed by atoms with Gasteiger partial charge in [-0.1, -0.05) is 53.0 Å². The van der Waals surface area contributed by atoms with Gasteiger partial charge in [0.2, 0.25) is 16.2 Å². The zero-order valence-corrected chi connectivity index (χ0v) is 17.4. The van der Waals surface area contributed by atoms with Crippen molar-refractivity contribution in [1.82, 2.24) is 20.4 Å². The zero-order chi connectivity index (χ0) is 19.8. The number of nitrogen functional groups attached to an aromatic ring is 1. The molecular weight excluding hydrogens is 416 g/mol. The maximum Gasteiger partial charge on any atom is 0.229 e. The summed E-state index contributed by atoms with van der Waals surface area (Å²) in [6.07, 6.45) is 0.766. The van der Waals surface area contributed by atoms with E-state index >= 15 is 0 Å². The summed E-state index contributed by atoms with van der Waals surface area (Å²) >= 11 is 4.57. The lowest BCUT2D eigenvalue weighted by Gasteiger charge is -2.09. The summed E-state index contributed by atoms with van der Waals surface area (Å²) in [5, 5.41) is 31.5. The third-order valence-corrected chi connectivity index (χ3v) is 6.38. The molecule has 0 aliphatic carbocycles. The number of anilines is 2. The van der Waals surface area contributed by atoms with Gasteiger partial charge in [-0.3, -0.25) is 4.79 Å². The molecular formula is C17H20N6O2S3. The summed E-state index contributed by atoms with van der Waals surface area (Å²) in [7, 11) is 0. The first-order valence-corrected chi connectivity index (χ1v) is 11.4. The molecule has 4 N–H and O–H groups in total. The minimum atomic E-state index is -0.839. The van der Waals surface area contributed by atoms with E-state index in [2.05, 4.69) is 25.7 Å². The van der Waals surface area contributed by atoms with E-state index in [1.807, 2.05) is 18.2 Å². The Hall–Kier alpha value is -2.08. The van der Waals surface area contributed by atoms with Crippen molar-refractivity contribution in [3.8, 4) is 0 Å². The van der Waals surface area contributed by atoms with Crippen LogP contribution in [0.3, 0.4) is 0 Å². The van der Waals surface area contributed by atoms with Crippen molar-refractivity contribution in [2.75, 3.05) is 22.6 Å². The highest BCUT2D eigenvalue weighted by molar-refractivity contribution is 7.99. The molecule has 0 fully saturated rings. The van der Waals surface area contributed by atoms with Crippen molar-refractivity contribution in [3.63, 3.8) is 0 Å². The number of aromatic nitrogens is 4. The molecule has 0 saturated carbocycles. The van der Waals surface area contributed by atoms with Crippen molar-refractivity contribution < 1.29 is 9.90 Å².